The molecule has 0 fully saturated rings. The van der Waals surface area contributed by atoms with Gasteiger partial charge in [0.15, 0.2) is 5.78 Å². The lowest BCUT2D eigenvalue weighted by Gasteiger charge is -2.15. The van der Waals surface area contributed by atoms with E-state index in [9.17, 15) is 4.79 Å². The highest BCUT2D eigenvalue weighted by molar-refractivity contribution is 6.14. The molecule has 0 saturated carbocycles. The van der Waals surface area contributed by atoms with Crippen molar-refractivity contribution in [2.75, 3.05) is 0 Å². The second-order valence-corrected chi connectivity index (χ2v) is 6.22. The van der Waals surface area contributed by atoms with Crippen molar-refractivity contribution in [3.05, 3.63) is 125 Å². The van der Waals surface area contributed by atoms with Gasteiger partial charge in [-0.1, -0.05) is 78.9 Å². The van der Waals surface area contributed by atoms with Gasteiger partial charge in [0.2, 0.25) is 0 Å². The molecule has 0 bridgehead atoms. The van der Waals surface area contributed by atoms with Crippen molar-refractivity contribution in [1.82, 2.24) is 5.32 Å². The number of carbonyl (C=O) groups excluding carboxylic acids is 1. The summed E-state index contributed by atoms with van der Waals surface area (Å²) in [5, 5.41) is 3.46. The molecule has 27 heavy (non-hydrogen) atoms. The van der Waals surface area contributed by atoms with Crippen LogP contribution < -0.4 is 5.32 Å². The van der Waals surface area contributed by atoms with Gasteiger partial charge in [-0.05, 0) is 17.7 Å². The summed E-state index contributed by atoms with van der Waals surface area (Å²) >= 11 is 0. The molecule has 1 heterocycles. The van der Waals surface area contributed by atoms with E-state index in [0.717, 1.165) is 22.6 Å². The zero-order valence-electron chi connectivity index (χ0n) is 14.8. The summed E-state index contributed by atoms with van der Waals surface area (Å²) < 4.78 is 5.44. The molecule has 1 aliphatic rings. The largest absolute Gasteiger partial charge is 0.467 e. The maximum absolute atomic E-state index is 13.0. The minimum atomic E-state index is 0.0174. The van der Waals surface area contributed by atoms with Crippen molar-refractivity contribution >= 4 is 11.5 Å². The minimum Gasteiger partial charge on any atom is -0.467 e. The lowest BCUT2D eigenvalue weighted by molar-refractivity contribution is 0.103. The van der Waals surface area contributed by atoms with Crippen LogP contribution >= 0.6 is 0 Å². The van der Waals surface area contributed by atoms with Gasteiger partial charge in [0.1, 0.15) is 5.76 Å². The van der Waals surface area contributed by atoms with E-state index in [-0.39, 0.29) is 5.78 Å². The van der Waals surface area contributed by atoms with E-state index in [1.807, 2.05) is 91.0 Å². The number of benzene rings is 2. The molecule has 0 saturated heterocycles. The Morgan fingerprint density at radius 3 is 2.22 bits per heavy atom. The number of ketones is 1. The highest BCUT2D eigenvalue weighted by atomic mass is 16.3. The van der Waals surface area contributed by atoms with Crippen LogP contribution in [-0.4, -0.2) is 5.78 Å². The van der Waals surface area contributed by atoms with Crippen LogP contribution in [0, 0.1) is 0 Å². The topological polar surface area (TPSA) is 42.2 Å². The number of rotatable bonds is 6. The van der Waals surface area contributed by atoms with E-state index in [4.69, 9.17) is 4.42 Å². The number of allylic oxidation sites excluding steroid dienone is 5. The van der Waals surface area contributed by atoms with Crippen molar-refractivity contribution in [2.45, 2.75) is 6.54 Å². The lowest BCUT2D eigenvalue weighted by atomic mass is 9.95. The van der Waals surface area contributed by atoms with Crippen LogP contribution in [0.5, 0.6) is 0 Å². The zero-order chi connectivity index (χ0) is 18.5. The molecule has 3 nitrogen and oxygen atoms in total. The number of hydrogen-bond acceptors (Lipinski definition) is 3. The van der Waals surface area contributed by atoms with Gasteiger partial charge in [0, 0.05) is 22.4 Å². The van der Waals surface area contributed by atoms with E-state index in [0.29, 0.717) is 17.7 Å². The summed E-state index contributed by atoms with van der Waals surface area (Å²) in [6, 6.07) is 23.2. The standard InChI is InChI=1S/C24H19NO2/c26-24(19-11-5-2-6-12-19)22-15-7-14-21(22)23(18-9-3-1-4-10-18)25-17-20-13-8-16-27-20/h1-16,25H,17H2/b23-21-. The highest BCUT2D eigenvalue weighted by Gasteiger charge is 2.21. The van der Waals surface area contributed by atoms with Crippen molar-refractivity contribution in [3.8, 4) is 0 Å². The van der Waals surface area contributed by atoms with E-state index >= 15 is 0 Å². The zero-order valence-corrected chi connectivity index (χ0v) is 14.8. The van der Waals surface area contributed by atoms with E-state index in [1.54, 1.807) is 6.26 Å². The quantitative estimate of drug-likeness (QED) is 0.623. The first-order valence-electron chi connectivity index (χ1n) is 8.87. The fourth-order valence-electron chi connectivity index (χ4n) is 3.13. The van der Waals surface area contributed by atoms with Gasteiger partial charge in [-0.25, -0.2) is 0 Å². The Morgan fingerprint density at radius 2 is 1.56 bits per heavy atom. The second kappa shape index (κ2) is 7.75. The van der Waals surface area contributed by atoms with Crippen LogP contribution in [0.15, 0.2) is 113 Å². The summed E-state index contributed by atoms with van der Waals surface area (Å²) in [5.41, 5.74) is 4.20. The molecule has 3 heteroatoms. The summed E-state index contributed by atoms with van der Waals surface area (Å²) in [6.45, 7) is 0.543. The Bertz CT molecular complexity index is 1010. The summed E-state index contributed by atoms with van der Waals surface area (Å²) in [6.07, 6.45) is 7.44. The Hall–Kier alpha value is -3.59. The maximum Gasteiger partial charge on any atom is 0.193 e. The van der Waals surface area contributed by atoms with Crippen molar-refractivity contribution in [2.24, 2.45) is 0 Å². The molecular weight excluding hydrogens is 334 g/mol. The maximum atomic E-state index is 13.0. The molecule has 0 radical (unpaired) electrons. The fourth-order valence-corrected chi connectivity index (χ4v) is 3.13. The average molecular weight is 353 g/mol. The summed E-state index contributed by atoms with van der Waals surface area (Å²) in [7, 11) is 0. The van der Waals surface area contributed by atoms with Gasteiger partial charge >= 0.3 is 0 Å². The Morgan fingerprint density at radius 1 is 0.852 bits per heavy atom. The molecule has 1 aromatic heterocycles. The van der Waals surface area contributed by atoms with Gasteiger partial charge in [0.25, 0.3) is 0 Å². The Labute approximate surface area is 158 Å². The highest BCUT2D eigenvalue weighted by Crippen LogP contribution is 2.29. The van der Waals surface area contributed by atoms with E-state index in [2.05, 4.69) is 5.32 Å². The van der Waals surface area contributed by atoms with Gasteiger partial charge < -0.3 is 9.73 Å². The van der Waals surface area contributed by atoms with Crippen molar-refractivity contribution in [3.63, 3.8) is 0 Å². The molecule has 0 unspecified atom stereocenters. The predicted molar refractivity (Wildman–Crippen MR) is 107 cm³/mol. The molecule has 1 aliphatic carbocycles. The van der Waals surface area contributed by atoms with Crippen LogP contribution in [0.1, 0.15) is 21.7 Å². The number of Topliss-reactive ketones (excluding diaryl/α,β-unsaturated/α-hetero) is 1. The van der Waals surface area contributed by atoms with Crippen LogP contribution in [-0.2, 0) is 6.54 Å². The first-order chi connectivity index (χ1) is 13.3. The number of furan rings is 1. The first kappa shape index (κ1) is 16.9. The van der Waals surface area contributed by atoms with Gasteiger partial charge in [-0.2, -0.15) is 0 Å². The average Bonchev–Trinajstić information content (AvgIpc) is 3.41. The fraction of sp³-hybridized carbons (Fsp3) is 0.0417. The number of carbonyl (C=O) groups is 1. The number of hydrogen-bond donors (Lipinski definition) is 1. The normalized spacial score (nSPS) is 14.7. The minimum absolute atomic E-state index is 0.0174. The summed E-state index contributed by atoms with van der Waals surface area (Å²) in [5.74, 6) is 0.856. The molecular formula is C24H19NO2. The molecule has 4 rings (SSSR count). The SMILES string of the molecule is O=C(C1=CC=C/C1=C(/NCc1ccco1)c1ccccc1)c1ccccc1. The molecule has 132 valence electrons. The third-order valence-corrected chi connectivity index (χ3v) is 4.45. The van der Waals surface area contributed by atoms with Crippen molar-refractivity contribution in [1.29, 1.82) is 0 Å². The van der Waals surface area contributed by atoms with Crippen LogP contribution in [0.2, 0.25) is 0 Å². The van der Waals surface area contributed by atoms with Gasteiger partial charge in [-0.15, -0.1) is 0 Å². The molecule has 1 N–H and O–H groups in total. The molecule has 0 spiro atoms. The third kappa shape index (κ3) is 3.67. The van der Waals surface area contributed by atoms with Crippen LogP contribution in [0.3, 0.4) is 0 Å². The number of nitrogens with one attached hydrogen (secondary N) is 1. The van der Waals surface area contributed by atoms with Gasteiger partial charge in [-0.3, -0.25) is 4.79 Å². The van der Waals surface area contributed by atoms with Crippen LogP contribution in [0.4, 0.5) is 0 Å². The third-order valence-electron chi connectivity index (χ3n) is 4.45. The smallest absolute Gasteiger partial charge is 0.193 e. The van der Waals surface area contributed by atoms with Gasteiger partial charge in [0.05, 0.1) is 12.8 Å². The monoisotopic (exact) mass is 353 g/mol. The molecule has 2 aromatic carbocycles. The predicted octanol–water partition coefficient (Wildman–Crippen LogP) is 5.16. The molecule has 0 aliphatic heterocycles. The van der Waals surface area contributed by atoms with E-state index in [1.165, 1.54) is 0 Å². The van der Waals surface area contributed by atoms with Crippen molar-refractivity contribution < 1.29 is 9.21 Å². The Kier molecular flexibility index (Phi) is 4.84. The van der Waals surface area contributed by atoms with Crippen LogP contribution in [0.25, 0.3) is 5.70 Å². The lowest BCUT2D eigenvalue weighted by Crippen LogP contribution is -2.15. The molecule has 0 atom stereocenters. The Balaban J connectivity index is 1.72. The second-order valence-electron chi connectivity index (χ2n) is 6.22. The van der Waals surface area contributed by atoms with E-state index < -0.39 is 0 Å². The molecule has 3 aromatic rings. The summed E-state index contributed by atoms with van der Waals surface area (Å²) in [4.78, 5) is 13.0. The molecule has 0 amide bonds. The first-order valence-corrected chi connectivity index (χ1v) is 8.87.